The van der Waals surface area contributed by atoms with Gasteiger partial charge in [0.05, 0.1) is 58.7 Å². The predicted octanol–water partition coefficient (Wildman–Crippen LogP) is 11.7. The van der Waals surface area contributed by atoms with Crippen molar-refractivity contribution in [1.82, 2.24) is 29.9 Å². The van der Waals surface area contributed by atoms with Crippen LogP contribution in [0.2, 0.25) is 0 Å². The van der Waals surface area contributed by atoms with Crippen LogP contribution >= 0.6 is 24.8 Å². The van der Waals surface area contributed by atoms with Crippen molar-refractivity contribution in [1.29, 1.82) is 0 Å². The molecule has 11 nitrogen and oxygen atoms in total. The largest absolute Gasteiger partial charge is 0.497 e. The lowest BCUT2D eigenvalue weighted by molar-refractivity contribution is 0.415. The third kappa shape index (κ3) is 9.04. The molecule has 10 aromatic rings. The molecule has 0 saturated carbocycles. The molecule has 13 heteroatoms. The van der Waals surface area contributed by atoms with Crippen LogP contribution in [0.1, 0.15) is 11.4 Å². The van der Waals surface area contributed by atoms with Crippen LogP contribution in [0.5, 0.6) is 11.5 Å². The summed E-state index contributed by atoms with van der Waals surface area (Å²) in [5.41, 5.74) is 13.6. The highest BCUT2D eigenvalue weighted by Crippen LogP contribution is 2.35. The number of nitrogens with zero attached hydrogens (tertiary/aromatic N) is 4. The quantitative estimate of drug-likeness (QED) is 0.118. The molecular formula is C48H44Cl2N8O3. The van der Waals surface area contributed by atoms with E-state index in [1.165, 1.54) is 0 Å². The van der Waals surface area contributed by atoms with Crippen LogP contribution in [-0.4, -0.2) is 49.6 Å². The van der Waals surface area contributed by atoms with Crippen molar-refractivity contribution in [2.24, 2.45) is 0 Å². The average Bonchev–Trinajstić information content (AvgIpc) is 3.90. The number of halogens is 2. The molecule has 308 valence electrons. The molecule has 0 saturated heterocycles. The molecule has 0 aliphatic heterocycles. The normalized spacial score (nSPS) is 10.6. The van der Waals surface area contributed by atoms with Crippen LogP contribution < -0.4 is 20.1 Å². The molecule has 61 heavy (non-hydrogen) atoms. The Morgan fingerprint density at radius 3 is 1.16 bits per heavy atom. The average molecular weight is 852 g/mol. The summed E-state index contributed by atoms with van der Waals surface area (Å²) < 4.78 is 10.5. The predicted molar refractivity (Wildman–Crippen MR) is 254 cm³/mol. The number of ether oxygens (including phenoxy) is 2. The van der Waals surface area contributed by atoms with Crippen molar-refractivity contribution >= 4 is 91.4 Å². The van der Waals surface area contributed by atoms with Gasteiger partial charge in [0.1, 0.15) is 23.1 Å². The minimum Gasteiger partial charge on any atom is -0.497 e. The Bertz CT molecular complexity index is 2840. The Morgan fingerprint density at radius 1 is 0.443 bits per heavy atom. The first kappa shape index (κ1) is 43.4. The van der Waals surface area contributed by atoms with Gasteiger partial charge in [-0.05, 0) is 98.8 Å². The first-order valence-corrected chi connectivity index (χ1v) is 19.0. The molecular weight excluding hydrogens is 807 g/mol. The van der Waals surface area contributed by atoms with Gasteiger partial charge in [0.15, 0.2) is 0 Å². The highest BCUT2D eigenvalue weighted by atomic mass is 35.5. The molecule has 6 N–H and O–H groups in total. The first-order chi connectivity index (χ1) is 28.4. The number of pyridine rings is 2. The van der Waals surface area contributed by atoms with Gasteiger partial charge in [0, 0.05) is 44.7 Å². The van der Waals surface area contributed by atoms with E-state index in [9.17, 15) is 0 Å². The number of imidazole rings is 2. The van der Waals surface area contributed by atoms with Gasteiger partial charge in [-0.25, -0.2) is 9.97 Å². The van der Waals surface area contributed by atoms with E-state index in [0.29, 0.717) is 0 Å². The van der Waals surface area contributed by atoms with Crippen LogP contribution in [-0.2, 0) is 0 Å². The van der Waals surface area contributed by atoms with E-state index in [0.717, 1.165) is 112 Å². The van der Waals surface area contributed by atoms with Gasteiger partial charge in [-0.1, -0.05) is 60.7 Å². The summed E-state index contributed by atoms with van der Waals surface area (Å²) in [6.07, 6.45) is 0. The number of rotatable bonds is 8. The standard InChI is InChI=1S/2C24H20N4O.2ClH.H2O/c2*1-15-14-21(26-17-8-10-18(29-2)11-9-17)22-19(25-15)12-13-20-23(22)28-24(27-20)16-6-4-3-5-7-16;;;/h2*3-14H,1-2H3,(H,25,26)(H,27,28);2*1H;1H2. The molecule has 0 unspecified atom stereocenters. The van der Waals surface area contributed by atoms with Gasteiger partial charge < -0.3 is 35.6 Å². The minimum absolute atomic E-state index is 0. The van der Waals surface area contributed by atoms with Crippen molar-refractivity contribution in [2.45, 2.75) is 13.8 Å². The minimum atomic E-state index is 0. The van der Waals surface area contributed by atoms with Crippen molar-refractivity contribution in [3.05, 3.63) is 157 Å². The lowest BCUT2D eigenvalue weighted by atomic mass is 10.1. The Kier molecular flexibility index (Phi) is 13.4. The molecule has 0 radical (unpaired) electrons. The zero-order chi connectivity index (χ0) is 39.6. The molecule has 6 aromatic carbocycles. The highest BCUT2D eigenvalue weighted by molar-refractivity contribution is 6.12. The number of anilines is 4. The highest BCUT2D eigenvalue weighted by Gasteiger charge is 2.15. The Labute approximate surface area is 364 Å². The number of hydrogen-bond acceptors (Lipinski definition) is 8. The van der Waals surface area contributed by atoms with E-state index in [-0.39, 0.29) is 30.3 Å². The van der Waals surface area contributed by atoms with Gasteiger partial charge in [0.25, 0.3) is 0 Å². The molecule has 0 atom stereocenters. The van der Waals surface area contributed by atoms with E-state index in [1.807, 2.05) is 123 Å². The molecule has 0 fully saturated rings. The number of aryl methyl sites for hydroxylation is 2. The molecule has 4 heterocycles. The third-order valence-corrected chi connectivity index (χ3v) is 9.95. The van der Waals surface area contributed by atoms with E-state index in [1.54, 1.807) is 14.2 Å². The van der Waals surface area contributed by atoms with E-state index in [4.69, 9.17) is 29.4 Å². The second-order valence-electron chi connectivity index (χ2n) is 13.9. The maximum Gasteiger partial charge on any atom is 0.138 e. The molecule has 4 aromatic heterocycles. The molecule has 0 aliphatic carbocycles. The molecule has 0 spiro atoms. The Balaban J connectivity index is 0.000000194. The molecule has 10 rings (SSSR count). The third-order valence-electron chi connectivity index (χ3n) is 9.95. The van der Waals surface area contributed by atoms with Gasteiger partial charge in [-0.2, -0.15) is 0 Å². The summed E-state index contributed by atoms with van der Waals surface area (Å²) in [6.45, 7) is 4.01. The van der Waals surface area contributed by atoms with Gasteiger partial charge in [0.2, 0.25) is 0 Å². The number of benzene rings is 6. The zero-order valence-corrected chi connectivity index (χ0v) is 35.4. The monoisotopic (exact) mass is 850 g/mol. The van der Waals surface area contributed by atoms with Crippen LogP contribution in [0.3, 0.4) is 0 Å². The van der Waals surface area contributed by atoms with Gasteiger partial charge in [-0.15, -0.1) is 24.8 Å². The number of H-pyrrole nitrogens is 2. The zero-order valence-electron chi connectivity index (χ0n) is 33.8. The Morgan fingerprint density at radius 2 is 0.803 bits per heavy atom. The van der Waals surface area contributed by atoms with Crippen molar-refractivity contribution < 1.29 is 14.9 Å². The lowest BCUT2D eigenvalue weighted by Crippen LogP contribution is -1.95. The SMILES string of the molecule is COc1ccc(Nc2cc(C)nc3ccc4nc(-c5ccccc5)[nH]c4c23)cc1.COc1ccc(Nc2cc(C)nc3ccc4nc(-c5ccccc5)[nH]c4c23)cc1.Cl.Cl.O. The van der Waals surface area contributed by atoms with E-state index in [2.05, 4.69) is 57.0 Å². The summed E-state index contributed by atoms with van der Waals surface area (Å²) in [4.78, 5) is 26.1. The maximum absolute atomic E-state index is 5.26. The number of aromatic amines is 2. The fourth-order valence-electron chi connectivity index (χ4n) is 7.20. The smallest absolute Gasteiger partial charge is 0.138 e. The fraction of sp³-hybridized carbons (Fsp3) is 0.0833. The summed E-state index contributed by atoms with van der Waals surface area (Å²) in [5, 5.41) is 9.13. The summed E-state index contributed by atoms with van der Waals surface area (Å²) in [6, 6.07) is 48.3. The second kappa shape index (κ2) is 18.8. The van der Waals surface area contributed by atoms with Gasteiger partial charge in [-0.3, -0.25) is 9.97 Å². The van der Waals surface area contributed by atoms with Crippen molar-refractivity contribution in [3.8, 4) is 34.3 Å². The Hall–Kier alpha value is -7.18. The molecule has 0 bridgehead atoms. The lowest BCUT2D eigenvalue weighted by Gasteiger charge is -2.12. The van der Waals surface area contributed by atoms with Crippen LogP contribution in [0.4, 0.5) is 22.7 Å². The molecule has 0 amide bonds. The molecule has 0 aliphatic rings. The number of aromatic nitrogens is 6. The summed E-state index contributed by atoms with van der Waals surface area (Å²) in [5.74, 6) is 3.36. The number of hydrogen-bond donors (Lipinski definition) is 4. The first-order valence-electron chi connectivity index (χ1n) is 19.0. The number of nitrogens with one attached hydrogen (secondary N) is 4. The second-order valence-corrected chi connectivity index (χ2v) is 13.9. The summed E-state index contributed by atoms with van der Waals surface area (Å²) >= 11 is 0. The van der Waals surface area contributed by atoms with Gasteiger partial charge >= 0.3 is 0 Å². The number of methoxy groups -OCH3 is 2. The van der Waals surface area contributed by atoms with Crippen LogP contribution in [0, 0.1) is 13.8 Å². The topological polar surface area (TPSA) is 157 Å². The summed E-state index contributed by atoms with van der Waals surface area (Å²) in [7, 11) is 3.34. The van der Waals surface area contributed by atoms with Crippen molar-refractivity contribution in [2.75, 3.05) is 24.9 Å². The van der Waals surface area contributed by atoms with Crippen LogP contribution in [0.25, 0.3) is 66.6 Å². The van der Waals surface area contributed by atoms with Crippen LogP contribution in [0.15, 0.2) is 146 Å². The number of fused-ring (bicyclic) bond motifs is 6. The van der Waals surface area contributed by atoms with E-state index < -0.39 is 0 Å². The van der Waals surface area contributed by atoms with Crippen molar-refractivity contribution in [3.63, 3.8) is 0 Å². The maximum atomic E-state index is 5.26. The van der Waals surface area contributed by atoms with E-state index >= 15 is 0 Å². The fourth-order valence-corrected chi connectivity index (χ4v) is 7.20.